The molecule has 6 nitrogen and oxygen atoms in total. The maximum atomic E-state index is 6.06. The predicted octanol–water partition coefficient (Wildman–Crippen LogP) is 1.34. The summed E-state index contributed by atoms with van der Waals surface area (Å²) in [5.74, 6) is 0.789. The highest BCUT2D eigenvalue weighted by Gasteiger charge is 2.22. The molecular formula is C11H15ClN6. The molecule has 0 fully saturated rings. The Labute approximate surface area is 110 Å². The molecule has 1 heterocycles. The molecule has 0 atom stereocenters. The third-order valence-corrected chi connectivity index (χ3v) is 2.60. The van der Waals surface area contributed by atoms with Gasteiger partial charge in [0.05, 0.1) is 10.7 Å². The van der Waals surface area contributed by atoms with Crippen LogP contribution in [0, 0.1) is 0 Å². The number of nitrogens with zero attached hydrogens (tertiary/aromatic N) is 2. The van der Waals surface area contributed by atoms with Crippen LogP contribution < -0.4 is 22.1 Å². The molecule has 0 unspecified atom stereocenters. The first kappa shape index (κ1) is 12.5. The van der Waals surface area contributed by atoms with Gasteiger partial charge in [-0.1, -0.05) is 11.6 Å². The van der Waals surface area contributed by atoms with E-state index in [1.807, 2.05) is 13.8 Å². The molecule has 18 heavy (non-hydrogen) atoms. The number of nitrogens with one attached hydrogen (secondary N) is 2. The molecule has 7 heteroatoms. The Balaban J connectivity index is 2.25. The lowest BCUT2D eigenvalue weighted by molar-refractivity contribution is 0.541. The molecule has 96 valence electrons. The number of anilines is 2. The fraction of sp³-hybridized carbons (Fsp3) is 0.273. The van der Waals surface area contributed by atoms with Gasteiger partial charge in [0.2, 0.25) is 5.96 Å². The molecule has 1 aromatic rings. The number of rotatable bonds is 1. The molecule has 0 aliphatic carbocycles. The first-order valence-electron chi connectivity index (χ1n) is 5.40. The van der Waals surface area contributed by atoms with Crippen LogP contribution in [-0.2, 0) is 0 Å². The van der Waals surface area contributed by atoms with Crippen LogP contribution in [0.3, 0.4) is 0 Å². The zero-order valence-electron chi connectivity index (χ0n) is 10.2. The molecular weight excluding hydrogens is 252 g/mol. The van der Waals surface area contributed by atoms with Gasteiger partial charge in [-0.15, -0.1) is 0 Å². The van der Waals surface area contributed by atoms with E-state index < -0.39 is 5.66 Å². The summed E-state index contributed by atoms with van der Waals surface area (Å²) < 4.78 is 0. The minimum atomic E-state index is -0.607. The van der Waals surface area contributed by atoms with Crippen molar-refractivity contribution < 1.29 is 0 Å². The smallest absolute Gasteiger partial charge is 0.205 e. The van der Waals surface area contributed by atoms with Crippen LogP contribution in [-0.4, -0.2) is 17.6 Å². The Kier molecular flexibility index (Phi) is 3.04. The summed E-state index contributed by atoms with van der Waals surface area (Å²) in [6, 6.07) is 5.16. The molecule has 0 bridgehead atoms. The summed E-state index contributed by atoms with van der Waals surface area (Å²) in [4.78, 5) is 8.50. The van der Waals surface area contributed by atoms with Gasteiger partial charge < -0.3 is 16.8 Å². The van der Waals surface area contributed by atoms with Gasteiger partial charge in [0.1, 0.15) is 0 Å². The van der Waals surface area contributed by atoms with Crippen molar-refractivity contribution in [2.75, 3.05) is 11.1 Å². The summed E-state index contributed by atoms with van der Waals surface area (Å²) in [5, 5.41) is 6.43. The number of hydrogen-bond donors (Lipinski definition) is 4. The lowest BCUT2D eigenvalue weighted by Gasteiger charge is -2.24. The largest absolute Gasteiger partial charge is 0.399 e. The van der Waals surface area contributed by atoms with Gasteiger partial charge in [-0.2, -0.15) is 0 Å². The zero-order valence-corrected chi connectivity index (χ0v) is 10.9. The standard InChI is InChI=1S/C11H15ClN6/c1-11(2)17-9(14)16-10(18-11)15-8-5-6(13)3-4-7(8)12/h3-5H,13H2,1-2H3,(H4,14,15,16,17,18). The molecule has 1 aliphatic rings. The minimum Gasteiger partial charge on any atom is -0.399 e. The molecule has 0 aromatic heterocycles. The van der Waals surface area contributed by atoms with Crippen LogP contribution in [0.25, 0.3) is 0 Å². The van der Waals surface area contributed by atoms with E-state index in [0.717, 1.165) is 0 Å². The molecule has 1 aliphatic heterocycles. The summed E-state index contributed by atoms with van der Waals surface area (Å²) in [5.41, 5.74) is 12.1. The average molecular weight is 267 g/mol. The normalized spacial score (nSPS) is 17.5. The topological polar surface area (TPSA) is 101 Å². The van der Waals surface area contributed by atoms with Crippen molar-refractivity contribution in [1.82, 2.24) is 5.32 Å². The Morgan fingerprint density at radius 3 is 2.67 bits per heavy atom. The van der Waals surface area contributed by atoms with Crippen molar-refractivity contribution in [2.45, 2.75) is 19.5 Å². The fourth-order valence-electron chi connectivity index (χ4n) is 1.60. The van der Waals surface area contributed by atoms with Crippen molar-refractivity contribution in [2.24, 2.45) is 15.7 Å². The second-order valence-electron chi connectivity index (χ2n) is 4.44. The SMILES string of the molecule is CC1(C)N=C(N)NC(Nc2cc(N)ccc2Cl)=N1. The fourth-order valence-corrected chi connectivity index (χ4v) is 1.76. The average Bonchev–Trinajstić information content (AvgIpc) is 2.20. The molecule has 0 amide bonds. The van der Waals surface area contributed by atoms with Gasteiger partial charge in [-0.25, -0.2) is 9.98 Å². The zero-order chi connectivity index (χ0) is 13.3. The molecule has 0 spiro atoms. The molecule has 6 N–H and O–H groups in total. The van der Waals surface area contributed by atoms with Crippen LogP contribution in [0.15, 0.2) is 28.2 Å². The van der Waals surface area contributed by atoms with Crippen molar-refractivity contribution >= 4 is 34.9 Å². The number of nitrogens with two attached hydrogens (primary N) is 2. The number of benzene rings is 1. The van der Waals surface area contributed by atoms with Crippen LogP contribution in [0.5, 0.6) is 0 Å². The van der Waals surface area contributed by atoms with E-state index in [2.05, 4.69) is 20.6 Å². The molecule has 2 rings (SSSR count). The molecule has 0 radical (unpaired) electrons. The van der Waals surface area contributed by atoms with Crippen molar-refractivity contribution in [1.29, 1.82) is 0 Å². The first-order valence-corrected chi connectivity index (χ1v) is 5.78. The van der Waals surface area contributed by atoms with Crippen LogP contribution in [0.4, 0.5) is 11.4 Å². The van der Waals surface area contributed by atoms with Crippen molar-refractivity contribution in [3.8, 4) is 0 Å². The van der Waals surface area contributed by atoms with Crippen LogP contribution in [0.2, 0.25) is 5.02 Å². The summed E-state index contributed by atoms with van der Waals surface area (Å²) >= 11 is 6.06. The van der Waals surface area contributed by atoms with Crippen LogP contribution >= 0.6 is 11.6 Å². The lowest BCUT2D eigenvalue weighted by atomic mass is 10.2. The number of aliphatic imine (C=N–C) groups is 2. The maximum Gasteiger partial charge on any atom is 0.205 e. The summed E-state index contributed by atoms with van der Waals surface area (Å²) in [6.45, 7) is 3.70. The quantitative estimate of drug-likeness (QED) is 0.576. The van der Waals surface area contributed by atoms with Gasteiger partial charge in [0, 0.05) is 5.69 Å². The van der Waals surface area contributed by atoms with E-state index in [-0.39, 0.29) is 0 Å². The lowest BCUT2D eigenvalue weighted by Crippen LogP contribution is -2.47. The minimum absolute atomic E-state index is 0.303. The second-order valence-corrected chi connectivity index (χ2v) is 4.85. The first-order chi connectivity index (χ1) is 8.35. The van der Waals surface area contributed by atoms with Crippen LogP contribution in [0.1, 0.15) is 13.8 Å². The Bertz CT molecular complexity index is 534. The van der Waals surface area contributed by atoms with E-state index in [4.69, 9.17) is 23.1 Å². The second kappa shape index (κ2) is 4.38. The van der Waals surface area contributed by atoms with E-state index in [1.165, 1.54) is 0 Å². The molecule has 1 aromatic carbocycles. The molecule has 0 saturated carbocycles. The van der Waals surface area contributed by atoms with Crippen molar-refractivity contribution in [3.63, 3.8) is 0 Å². The van der Waals surface area contributed by atoms with E-state index in [9.17, 15) is 0 Å². The van der Waals surface area contributed by atoms with Gasteiger partial charge in [0.15, 0.2) is 11.6 Å². The summed E-state index contributed by atoms with van der Waals surface area (Å²) in [7, 11) is 0. The predicted molar refractivity (Wildman–Crippen MR) is 75.8 cm³/mol. The van der Waals surface area contributed by atoms with Gasteiger partial charge in [0.25, 0.3) is 0 Å². The molecule has 0 saturated heterocycles. The van der Waals surface area contributed by atoms with Gasteiger partial charge in [-0.3, -0.25) is 5.32 Å². The Morgan fingerprint density at radius 2 is 2.00 bits per heavy atom. The van der Waals surface area contributed by atoms with Crippen molar-refractivity contribution in [3.05, 3.63) is 23.2 Å². The van der Waals surface area contributed by atoms with Gasteiger partial charge >= 0.3 is 0 Å². The Hall–Kier alpha value is -1.95. The highest BCUT2D eigenvalue weighted by molar-refractivity contribution is 6.34. The third-order valence-electron chi connectivity index (χ3n) is 2.27. The highest BCUT2D eigenvalue weighted by Crippen LogP contribution is 2.24. The number of guanidine groups is 2. The van der Waals surface area contributed by atoms with E-state index in [1.54, 1.807) is 18.2 Å². The van der Waals surface area contributed by atoms with Gasteiger partial charge in [-0.05, 0) is 32.0 Å². The third kappa shape index (κ3) is 2.84. The number of nitrogen functional groups attached to an aromatic ring is 1. The van der Waals surface area contributed by atoms with E-state index in [0.29, 0.717) is 28.3 Å². The highest BCUT2D eigenvalue weighted by atomic mass is 35.5. The van der Waals surface area contributed by atoms with E-state index >= 15 is 0 Å². The number of halogens is 1. The monoisotopic (exact) mass is 266 g/mol. The summed E-state index contributed by atoms with van der Waals surface area (Å²) in [6.07, 6.45) is 0. The number of hydrogen-bond acceptors (Lipinski definition) is 6. The Morgan fingerprint density at radius 1 is 1.28 bits per heavy atom. The maximum absolute atomic E-state index is 6.06.